The van der Waals surface area contributed by atoms with Crippen molar-refractivity contribution in [2.24, 2.45) is 0 Å². The lowest BCUT2D eigenvalue weighted by atomic mass is 10.2. The van der Waals surface area contributed by atoms with E-state index >= 15 is 0 Å². The van der Waals surface area contributed by atoms with Crippen LogP contribution < -0.4 is 10.6 Å². The third kappa shape index (κ3) is 3.78. The fourth-order valence-corrected chi connectivity index (χ4v) is 2.19. The minimum atomic E-state index is -0.497. The Morgan fingerprint density at radius 1 is 1.33 bits per heavy atom. The molecule has 0 atom stereocenters. The van der Waals surface area contributed by atoms with E-state index in [-0.39, 0.29) is 5.69 Å². The van der Waals surface area contributed by atoms with Gasteiger partial charge >= 0.3 is 0 Å². The third-order valence-corrected chi connectivity index (χ3v) is 3.33. The number of carbonyl (C=O) groups excluding carboxylic acids is 1. The number of nitrogens with one attached hydrogen (secondary N) is 2. The zero-order valence-electron chi connectivity index (χ0n) is 11.7. The van der Waals surface area contributed by atoms with Crippen LogP contribution >= 0.6 is 15.9 Å². The molecule has 0 aliphatic rings. The quantitative estimate of drug-likeness (QED) is 0.875. The number of pyridine rings is 1. The van der Waals surface area contributed by atoms with E-state index in [2.05, 4.69) is 31.5 Å². The first-order valence-corrected chi connectivity index (χ1v) is 7.27. The number of benzene rings is 1. The largest absolute Gasteiger partial charge is 0.385 e. The Balaban J connectivity index is 2.28. The molecule has 2 aromatic rings. The number of anilines is 2. The predicted molar refractivity (Wildman–Crippen MR) is 85.2 cm³/mol. The van der Waals surface area contributed by atoms with Crippen molar-refractivity contribution in [3.05, 3.63) is 52.0 Å². The zero-order valence-corrected chi connectivity index (χ0v) is 13.3. The lowest BCUT2D eigenvalue weighted by molar-refractivity contribution is 0.102. The summed E-state index contributed by atoms with van der Waals surface area (Å²) in [4.78, 5) is 16.4. The van der Waals surface area contributed by atoms with Crippen LogP contribution in [0, 0.1) is 12.7 Å². The molecule has 1 heterocycles. The number of aryl methyl sites for hydroxylation is 1. The zero-order chi connectivity index (χ0) is 15.4. The van der Waals surface area contributed by atoms with Gasteiger partial charge in [0.25, 0.3) is 5.91 Å². The number of rotatable bonds is 4. The number of amides is 1. The van der Waals surface area contributed by atoms with Crippen molar-refractivity contribution in [2.75, 3.05) is 17.2 Å². The van der Waals surface area contributed by atoms with Crippen LogP contribution in [0.1, 0.15) is 23.0 Å². The molecule has 1 aromatic heterocycles. The Morgan fingerprint density at radius 3 is 2.76 bits per heavy atom. The molecular formula is C15H15BrFN3O. The minimum Gasteiger partial charge on any atom is -0.385 e. The van der Waals surface area contributed by atoms with Crippen molar-refractivity contribution < 1.29 is 9.18 Å². The fourth-order valence-electron chi connectivity index (χ4n) is 1.86. The Bertz CT molecular complexity index is 676. The molecule has 2 rings (SSSR count). The van der Waals surface area contributed by atoms with E-state index in [9.17, 15) is 9.18 Å². The van der Waals surface area contributed by atoms with Crippen LogP contribution in [0.4, 0.5) is 15.8 Å². The van der Waals surface area contributed by atoms with Gasteiger partial charge in [-0.05, 0) is 38.1 Å². The lowest BCUT2D eigenvalue weighted by Gasteiger charge is -2.12. The predicted octanol–water partition coefficient (Wildman–Crippen LogP) is 3.98. The molecule has 0 saturated heterocycles. The van der Waals surface area contributed by atoms with Crippen LogP contribution in [-0.2, 0) is 0 Å². The first-order chi connectivity index (χ1) is 10.0. The Morgan fingerprint density at radius 2 is 2.10 bits per heavy atom. The van der Waals surface area contributed by atoms with Gasteiger partial charge in [0, 0.05) is 22.9 Å². The smallest absolute Gasteiger partial charge is 0.259 e. The van der Waals surface area contributed by atoms with Crippen molar-refractivity contribution in [3.63, 3.8) is 0 Å². The second kappa shape index (κ2) is 6.67. The number of hydrogen-bond donors (Lipinski definition) is 2. The summed E-state index contributed by atoms with van der Waals surface area (Å²) in [6, 6.07) is 6.26. The van der Waals surface area contributed by atoms with Crippen molar-refractivity contribution in [1.82, 2.24) is 4.98 Å². The highest BCUT2D eigenvalue weighted by Crippen LogP contribution is 2.22. The topological polar surface area (TPSA) is 54.0 Å². The molecule has 0 aliphatic heterocycles. The van der Waals surface area contributed by atoms with Gasteiger partial charge in [-0.25, -0.2) is 4.39 Å². The number of halogens is 2. The fraction of sp³-hybridized carbons (Fsp3) is 0.200. The maximum atomic E-state index is 13.8. The highest BCUT2D eigenvalue weighted by molar-refractivity contribution is 9.10. The first-order valence-electron chi connectivity index (χ1n) is 6.48. The third-order valence-electron chi connectivity index (χ3n) is 2.83. The SMILES string of the molecule is CCNc1cc(C)ncc1C(=O)Nc1ccc(Br)cc1F. The summed E-state index contributed by atoms with van der Waals surface area (Å²) in [7, 11) is 0. The van der Waals surface area contributed by atoms with E-state index in [1.54, 1.807) is 12.1 Å². The molecule has 0 spiro atoms. The molecule has 1 amide bonds. The van der Waals surface area contributed by atoms with Gasteiger partial charge in [0.15, 0.2) is 0 Å². The maximum absolute atomic E-state index is 13.8. The van der Waals surface area contributed by atoms with Crippen LogP contribution in [0.5, 0.6) is 0 Å². The number of carbonyl (C=O) groups is 1. The van der Waals surface area contributed by atoms with E-state index in [0.29, 0.717) is 22.3 Å². The number of hydrogen-bond acceptors (Lipinski definition) is 3. The summed E-state index contributed by atoms with van der Waals surface area (Å²) in [6.07, 6.45) is 1.49. The highest BCUT2D eigenvalue weighted by Gasteiger charge is 2.14. The summed E-state index contributed by atoms with van der Waals surface area (Å²) >= 11 is 3.17. The van der Waals surface area contributed by atoms with Crippen LogP contribution in [-0.4, -0.2) is 17.4 Å². The molecule has 4 nitrogen and oxygen atoms in total. The van der Waals surface area contributed by atoms with Gasteiger partial charge in [0.2, 0.25) is 0 Å². The summed E-state index contributed by atoms with van der Waals surface area (Å²) in [5, 5.41) is 5.66. The molecular weight excluding hydrogens is 337 g/mol. The van der Waals surface area contributed by atoms with Crippen LogP contribution in [0.3, 0.4) is 0 Å². The average Bonchev–Trinajstić information content (AvgIpc) is 2.42. The van der Waals surface area contributed by atoms with Crippen LogP contribution in [0.25, 0.3) is 0 Å². The number of aromatic nitrogens is 1. The van der Waals surface area contributed by atoms with Gasteiger partial charge in [-0.15, -0.1) is 0 Å². The van der Waals surface area contributed by atoms with E-state index in [1.165, 1.54) is 18.3 Å². The van der Waals surface area contributed by atoms with Gasteiger partial charge in [0.05, 0.1) is 16.9 Å². The molecule has 1 aromatic carbocycles. The number of nitrogens with zero attached hydrogens (tertiary/aromatic N) is 1. The van der Waals surface area contributed by atoms with E-state index in [4.69, 9.17) is 0 Å². The van der Waals surface area contributed by atoms with E-state index in [1.807, 2.05) is 13.8 Å². The molecule has 0 bridgehead atoms. The highest BCUT2D eigenvalue weighted by atomic mass is 79.9. The minimum absolute atomic E-state index is 0.131. The molecule has 0 saturated carbocycles. The first kappa shape index (κ1) is 15.4. The molecule has 0 unspecified atom stereocenters. The van der Waals surface area contributed by atoms with Gasteiger partial charge in [-0.1, -0.05) is 15.9 Å². The second-order valence-corrected chi connectivity index (χ2v) is 5.40. The normalized spacial score (nSPS) is 10.3. The van der Waals surface area contributed by atoms with Crippen LogP contribution in [0.15, 0.2) is 34.9 Å². The van der Waals surface area contributed by atoms with Crippen molar-refractivity contribution in [1.29, 1.82) is 0 Å². The average molecular weight is 352 g/mol. The molecule has 110 valence electrons. The van der Waals surface area contributed by atoms with Gasteiger partial charge in [0.1, 0.15) is 5.82 Å². The van der Waals surface area contributed by atoms with Gasteiger partial charge in [-0.3, -0.25) is 9.78 Å². The summed E-state index contributed by atoms with van der Waals surface area (Å²) in [6.45, 7) is 4.46. The Hall–Kier alpha value is -1.95. The molecule has 0 radical (unpaired) electrons. The van der Waals surface area contributed by atoms with Crippen molar-refractivity contribution in [3.8, 4) is 0 Å². The molecule has 21 heavy (non-hydrogen) atoms. The molecule has 6 heteroatoms. The maximum Gasteiger partial charge on any atom is 0.259 e. The van der Waals surface area contributed by atoms with Gasteiger partial charge in [-0.2, -0.15) is 0 Å². The molecule has 0 aliphatic carbocycles. The van der Waals surface area contributed by atoms with Gasteiger partial charge < -0.3 is 10.6 Å². The van der Waals surface area contributed by atoms with E-state index < -0.39 is 11.7 Å². The monoisotopic (exact) mass is 351 g/mol. The van der Waals surface area contributed by atoms with Crippen LogP contribution in [0.2, 0.25) is 0 Å². The van der Waals surface area contributed by atoms with Crippen molar-refractivity contribution >= 4 is 33.2 Å². The summed E-state index contributed by atoms with van der Waals surface area (Å²) in [5.41, 5.74) is 1.99. The summed E-state index contributed by atoms with van der Waals surface area (Å²) in [5.74, 6) is -0.900. The Labute approximate surface area is 130 Å². The van der Waals surface area contributed by atoms with E-state index in [0.717, 1.165) is 5.69 Å². The lowest BCUT2D eigenvalue weighted by Crippen LogP contribution is -2.16. The molecule has 2 N–H and O–H groups in total. The standard InChI is InChI=1S/C15H15BrFN3O/c1-3-18-14-6-9(2)19-8-11(14)15(21)20-13-5-4-10(16)7-12(13)17/h4-8H,3H2,1-2H3,(H,18,19)(H,20,21). The van der Waals surface area contributed by atoms with Crippen molar-refractivity contribution in [2.45, 2.75) is 13.8 Å². The molecule has 0 fully saturated rings. The summed E-state index contributed by atoms with van der Waals surface area (Å²) < 4.78 is 14.4. The Kier molecular flexibility index (Phi) is 4.90. The second-order valence-electron chi connectivity index (χ2n) is 4.48.